The van der Waals surface area contributed by atoms with E-state index in [0.717, 1.165) is 50.6 Å². The first kappa shape index (κ1) is 18.5. The second-order valence-electron chi connectivity index (χ2n) is 6.86. The smallest absolute Gasteiger partial charge is 0.189 e. The lowest BCUT2D eigenvalue weighted by molar-refractivity contribution is 0.0821. The summed E-state index contributed by atoms with van der Waals surface area (Å²) >= 11 is 0. The fraction of sp³-hybridized carbons (Fsp3) is 0.450. The largest absolute Gasteiger partial charge is 0.482 e. The SMILES string of the molecule is COC1=CC=C(N)CN1CCN1CCC(C(=O)c2ccc(F)cc2)CC1. The maximum absolute atomic E-state index is 13.0. The van der Waals surface area contributed by atoms with E-state index < -0.39 is 0 Å². The molecule has 0 spiro atoms. The van der Waals surface area contributed by atoms with Gasteiger partial charge in [-0.15, -0.1) is 0 Å². The quantitative estimate of drug-likeness (QED) is 0.790. The van der Waals surface area contributed by atoms with Gasteiger partial charge in [-0.25, -0.2) is 4.39 Å². The molecule has 6 heteroatoms. The summed E-state index contributed by atoms with van der Waals surface area (Å²) in [4.78, 5) is 17.0. The van der Waals surface area contributed by atoms with E-state index in [-0.39, 0.29) is 17.5 Å². The van der Waals surface area contributed by atoms with Gasteiger partial charge >= 0.3 is 0 Å². The molecule has 2 heterocycles. The molecule has 140 valence electrons. The first-order valence-corrected chi connectivity index (χ1v) is 9.04. The standard InChI is InChI=1S/C20H26FN3O2/c1-26-19-7-6-18(22)14-24(19)13-12-23-10-8-16(9-11-23)20(25)15-2-4-17(21)5-3-15/h2-7,16H,8-14,22H2,1H3. The Morgan fingerprint density at radius 2 is 1.88 bits per heavy atom. The van der Waals surface area contributed by atoms with Crippen LogP contribution in [0.4, 0.5) is 4.39 Å². The van der Waals surface area contributed by atoms with E-state index in [1.165, 1.54) is 12.1 Å². The minimum atomic E-state index is -0.311. The van der Waals surface area contributed by atoms with Crippen molar-refractivity contribution in [3.05, 3.63) is 59.4 Å². The molecule has 0 unspecified atom stereocenters. The number of carbonyl (C=O) groups excluding carboxylic acids is 1. The van der Waals surface area contributed by atoms with Crippen LogP contribution in [0.5, 0.6) is 0 Å². The van der Waals surface area contributed by atoms with Crippen LogP contribution in [-0.2, 0) is 4.74 Å². The Hall–Kier alpha value is -2.34. The van der Waals surface area contributed by atoms with Crippen LogP contribution in [0.15, 0.2) is 48.0 Å². The minimum absolute atomic E-state index is 0.0275. The Morgan fingerprint density at radius 3 is 2.54 bits per heavy atom. The highest BCUT2D eigenvalue weighted by Crippen LogP contribution is 2.22. The van der Waals surface area contributed by atoms with Gasteiger partial charge in [0.15, 0.2) is 11.7 Å². The molecule has 0 saturated carbocycles. The van der Waals surface area contributed by atoms with Gasteiger partial charge in [-0.05, 0) is 62.3 Å². The minimum Gasteiger partial charge on any atom is -0.482 e. The van der Waals surface area contributed by atoms with Crippen molar-refractivity contribution in [1.29, 1.82) is 0 Å². The zero-order valence-electron chi connectivity index (χ0n) is 15.2. The molecule has 1 aromatic carbocycles. The number of likely N-dealkylation sites (tertiary alicyclic amines) is 1. The third-order valence-electron chi connectivity index (χ3n) is 5.11. The summed E-state index contributed by atoms with van der Waals surface area (Å²) in [6.07, 6.45) is 5.45. The van der Waals surface area contributed by atoms with E-state index in [4.69, 9.17) is 10.5 Å². The van der Waals surface area contributed by atoms with E-state index in [1.54, 1.807) is 19.2 Å². The van der Waals surface area contributed by atoms with E-state index in [2.05, 4.69) is 9.80 Å². The van der Waals surface area contributed by atoms with Crippen molar-refractivity contribution in [3.8, 4) is 0 Å². The third-order valence-corrected chi connectivity index (χ3v) is 5.11. The van der Waals surface area contributed by atoms with Crippen molar-refractivity contribution in [2.24, 2.45) is 11.7 Å². The van der Waals surface area contributed by atoms with E-state index in [1.807, 2.05) is 12.2 Å². The molecule has 2 N–H and O–H groups in total. The van der Waals surface area contributed by atoms with Crippen LogP contribution in [0.25, 0.3) is 0 Å². The van der Waals surface area contributed by atoms with Gasteiger partial charge < -0.3 is 20.3 Å². The molecule has 1 fully saturated rings. The lowest BCUT2D eigenvalue weighted by Gasteiger charge is -2.34. The Kier molecular flexibility index (Phi) is 5.93. The molecule has 0 aromatic heterocycles. The number of rotatable bonds is 6. The highest BCUT2D eigenvalue weighted by molar-refractivity contribution is 5.97. The molecule has 3 rings (SSSR count). The highest BCUT2D eigenvalue weighted by Gasteiger charge is 2.26. The average molecular weight is 359 g/mol. The molecule has 0 aliphatic carbocycles. The second-order valence-corrected chi connectivity index (χ2v) is 6.86. The number of piperidine rings is 1. The number of carbonyl (C=O) groups is 1. The normalized spacial score (nSPS) is 19.1. The zero-order chi connectivity index (χ0) is 18.5. The van der Waals surface area contributed by atoms with E-state index in [9.17, 15) is 9.18 Å². The second kappa shape index (κ2) is 8.36. The first-order valence-electron chi connectivity index (χ1n) is 9.04. The molecule has 0 amide bonds. The summed E-state index contributed by atoms with van der Waals surface area (Å²) in [7, 11) is 1.67. The van der Waals surface area contributed by atoms with Crippen molar-refractivity contribution >= 4 is 5.78 Å². The number of allylic oxidation sites excluding steroid dienone is 2. The molecule has 26 heavy (non-hydrogen) atoms. The molecule has 5 nitrogen and oxygen atoms in total. The molecule has 1 aromatic rings. The molecule has 1 saturated heterocycles. The summed E-state index contributed by atoms with van der Waals surface area (Å²) in [6, 6.07) is 5.86. The third kappa shape index (κ3) is 4.43. The number of ether oxygens (including phenoxy) is 1. The van der Waals surface area contributed by atoms with Crippen LogP contribution in [-0.4, -0.2) is 55.4 Å². The van der Waals surface area contributed by atoms with Crippen molar-refractivity contribution in [1.82, 2.24) is 9.80 Å². The number of ketones is 1. The lowest BCUT2D eigenvalue weighted by atomic mass is 9.89. The van der Waals surface area contributed by atoms with Gasteiger partial charge in [0.1, 0.15) is 5.82 Å². The van der Waals surface area contributed by atoms with Gasteiger partial charge in [0.05, 0.1) is 13.7 Å². The molecule has 0 atom stereocenters. The first-order chi connectivity index (χ1) is 12.6. The van der Waals surface area contributed by atoms with Crippen LogP contribution in [0.2, 0.25) is 0 Å². The van der Waals surface area contributed by atoms with Crippen LogP contribution >= 0.6 is 0 Å². The predicted octanol–water partition coefficient (Wildman–Crippen LogP) is 2.37. The Balaban J connectivity index is 1.47. The van der Waals surface area contributed by atoms with E-state index >= 15 is 0 Å². The van der Waals surface area contributed by atoms with Crippen LogP contribution < -0.4 is 5.73 Å². The van der Waals surface area contributed by atoms with Gasteiger partial charge in [-0.3, -0.25) is 4.79 Å². The summed E-state index contributed by atoms with van der Waals surface area (Å²) in [5, 5.41) is 0. The number of halogens is 1. The average Bonchev–Trinajstić information content (AvgIpc) is 2.67. The lowest BCUT2D eigenvalue weighted by Crippen LogP contribution is -2.42. The topological polar surface area (TPSA) is 58.8 Å². The van der Waals surface area contributed by atoms with Gasteiger partial charge in [0.25, 0.3) is 0 Å². The summed E-state index contributed by atoms with van der Waals surface area (Å²) in [5.41, 5.74) is 7.35. The van der Waals surface area contributed by atoms with Gasteiger partial charge in [0.2, 0.25) is 0 Å². The molecule has 0 bridgehead atoms. The van der Waals surface area contributed by atoms with Gasteiger partial charge in [0, 0.05) is 30.3 Å². The predicted molar refractivity (Wildman–Crippen MR) is 98.8 cm³/mol. The highest BCUT2D eigenvalue weighted by atomic mass is 19.1. The van der Waals surface area contributed by atoms with Gasteiger partial charge in [-0.2, -0.15) is 0 Å². The number of methoxy groups -OCH3 is 1. The monoisotopic (exact) mass is 359 g/mol. The fourth-order valence-electron chi connectivity index (χ4n) is 3.55. The fourth-order valence-corrected chi connectivity index (χ4v) is 3.55. The maximum atomic E-state index is 13.0. The Bertz CT molecular complexity index is 692. The number of benzene rings is 1. The Morgan fingerprint density at radius 1 is 1.19 bits per heavy atom. The van der Waals surface area contributed by atoms with Crippen molar-refractivity contribution in [2.75, 3.05) is 39.8 Å². The molecule has 2 aliphatic heterocycles. The maximum Gasteiger partial charge on any atom is 0.189 e. The Labute approximate surface area is 153 Å². The number of Topliss-reactive ketones (excluding diaryl/α,β-unsaturated/α-hetero) is 1. The zero-order valence-corrected chi connectivity index (χ0v) is 15.2. The van der Waals surface area contributed by atoms with Crippen LogP contribution in [0, 0.1) is 11.7 Å². The van der Waals surface area contributed by atoms with Crippen molar-refractivity contribution in [3.63, 3.8) is 0 Å². The van der Waals surface area contributed by atoms with Crippen LogP contribution in [0.1, 0.15) is 23.2 Å². The summed E-state index contributed by atoms with van der Waals surface area (Å²) in [6.45, 7) is 4.21. The number of hydrogen-bond donors (Lipinski definition) is 1. The van der Waals surface area contributed by atoms with Crippen molar-refractivity contribution in [2.45, 2.75) is 12.8 Å². The van der Waals surface area contributed by atoms with Crippen molar-refractivity contribution < 1.29 is 13.9 Å². The summed E-state index contributed by atoms with van der Waals surface area (Å²) < 4.78 is 18.4. The molecular weight excluding hydrogens is 333 g/mol. The van der Waals surface area contributed by atoms with Crippen LogP contribution in [0.3, 0.4) is 0 Å². The molecule has 2 aliphatic rings. The number of nitrogens with two attached hydrogens (primary N) is 1. The van der Waals surface area contributed by atoms with Gasteiger partial charge in [-0.1, -0.05) is 0 Å². The number of hydrogen-bond acceptors (Lipinski definition) is 5. The molecule has 0 radical (unpaired) electrons. The van der Waals surface area contributed by atoms with E-state index in [0.29, 0.717) is 12.1 Å². The summed E-state index contributed by atoms with van der Waals surface area (Å²) in [5.74, 6) is 0.678. The molecular formula is C20H26FN3O2. The number of nitrogens with zero attached hydrogens (tertiary/aromatic N) is 2.